The number of hydrogen-bond donors (Lipinski definition) is 1. The Morgan fingerprint density at radius 1 is 1.23 bits per heavy atom. The molecule has 13 heavy (non-hydrogen) atoms. The molecule has 0 aromatic heterocycles. The molecule has 0 aromatic carbocycles. The zero-order chi connectivity index (χ0) is 9.53. The quantitative estimate of drug-likeness (QED) is 0.711. The van der Waals surface area contributed by atoms with Gasteiger partial charge in [-0.2, -0.15) is 0 Å². The predicted octanol–water partition coefficient (Wildman–Crippen LogP) is 3.12. The fourth-order valence-corrected chi connectivity index (χ4v) is 2.72. The summed E-state index contributed by atoms with van der Waals surface area (Å²) in [6.45, 7) is 4.31. The molecule has 76 valence electrons. The van der Waals surface area contributed by atoms with Gasteiger partial charge >= 0.3 is 0 Å². The third-order valence-corrected chi connectivity index (χ3v) is 4.49. The van der Waals surface area contributed by atoms with Gasteiger partial charge in [0.05, 0.1) is 5.60 Å². The first kappa shape index (κ1) is 9.51. The molecule has 2 saturated carbocycles. The first-order valence-corrected chi connectivity index (χ1v) is 5.76. The van der Waals surface area contributed by atoms with Gasteiger partial charge in [0.25, 0.3) is 0 Å². The monoisotopic (exact) mass is 182 g/mol. The highest BCUT2D eigenvalue weighted by Gasteiger charge is 2.47. The maximum absolute atomic E-state index is 10.2. The molecule has 2 aliphatic carbocycles. The van der Waals surface area contributed by atoms with Crippen LogP contribution in [0.2, 0.25) is 0 Å². The molecule has 0 amide bonds. The van der Waals surface area contributed by atoms with Crippen molar-refractivity contribution in [1.29, 1.82) is 0 Å². The standard InChI is InChI=1S/C12H22O/c1-11(9-6-10-4-5-10)7-3-8-12(11,2)13/h10,13H,3-9H2,1-2H3. The van der Waals surface area contributed by atoms with Gasteiger partial charge in [0.1, 0.15) is 0 Å². The molecule has 0 radical (unpaired) electrons. The van der Waals surface area contributed by atoms with Crippen LogP contribution in [0.4, 0.5) is 0 Å². The Morgan fingerprint density at radius 3 is 2.38 bits per heavy atom. The first-order valence-electron chi connectivity index (χ1n) is 5.76. The largest absolute Gasteiger partial charge is 0.390 e. The van der Waals surface area contributed by atoms with E-state index in [4.69, 9.17) is 0 Å². The van der Waals surface area contributed by atoms with Gasteiger partial charge in [0, 0.05) is 0 Å². The van der Waals surface area contributed by atoms with Crippen LogP contribution in [0.5, 0.6) is 0 Å². The van der Waals surface area contributed by atoms with E-state index in [1.807, 2.05) is 6.92 Å². The van der Waals surface area contributed by atoms with Crippen LogP contribution in [-0.4, -0.2) is 10.7 Å². The molecular formula is C12H22O. The Balaban J connectivity index is 1.92. The van der Waals surface area contributed by atoms with Crippen LogP contribution in [0, 0.1) is 11.3 Å². The third kappa shape index (κ3) is 1.76. The summed E-state index contributed by atoms with van der Waals surface area (Å²) in [5.74, 6) is 1.01. The van der Waals surface area contributed by atoms with E-state index in [1.54, 1.807) is 0 Å². The van der Waals surface area contributed by atoms with Crippen molar-refractivity contribution in [2.45, 2.75) is 64.4 Å². The van der Waals surface area contributed by atoms with Gasteiger partial charge in [-0.3, -0.25) is 0 Å². The van der Waals surface area contributed by atoms with Crippen LogP contribution in [-0.2, 0) is 0 Å². The van der Waals surface area contributed by atoms with Crippen LogP contribution < -0.4 is 0 Å². The molecule has 2 fully saturated rings. The summed E-state index contributed by atoms with van der Waals surface area (Å²) in [7, 11) is 0. The minimum atomic E-state index is -0.387. The Bertz CT molecular complexity index is 193. The molecule has 0 bridgehead atoms. The minimum absolute atomic E-state index is 0.218. The normalized spacial score (nSPS) is 45.5. The predicted molar refractivity (Wildman–Crippen MR) is 54.5 cm³/mol. The molecule has 0 aliphatic heterocycles. The van der Waals surface area contributed by atoms with Crippen molar-refractivity contribution in [2.75, 3.05) is 0 Å². The lowest BCUT2D eigenvalue weighted by Crippen LogP contribution is -2.38. The molecule has 2 rings (SSSR count). The van der Waals surface area contributed by atoms with Gasteiger partial charge in [0.15, 0.2) is 0 Å². The minimum Gasteiger partial charge on any atom is -0.390 e. The summed E-state index contributed by atoms with van der Waals surface area (Å²) >= 11 is 0. The lowest BCUT2D eigenvalue weighted by Gasteiger charge is -2.37. The van der Waals surface area contributed by atoms with Crippen molar-refractivity contribution < 1.29 is 5.11 Å². The molecule has 0 heterocycles. The lowest BCUT2D eigenvalue weighted by atomic mass is 9.73. The van der Waals surface area contributed by atoms with E-state index in [1.165, 1.54) is 38.5 Å². The van der Waals surface area contributed by atoms with E-state index >= 15 is 0 Å². The SMILES string of the molecule is CC1(O)CCCC1(C)CCC1CC1. The molecule has 1 N–H and O–H groups in total. The maximum Gasteiger partial charge on any atom is 0.0673 e. The average Bonchev–Trinajstić information content (AvgIpc) is 2.79. The van der Waals surface area contributed by atoms with Gasteiger partial charge in [-0.25, -0.2) is 0 Å². The van der Waals surface area contributed by atoms with Crippen molar-refractivity contribution in [3.05, 3.63) is 0 Å². The highest BCUT2D eigenvalue weighted by atomic mass is 16.3. The van der Waals surface area contributed by atoms with E-state index in [9.17, 15) is 5.11 Å². The van der Waals surface area contributed by atoms with Gasteiger partial charge in [-0.15, -0.1) is 0 Å². The summed E-state index contributed by atoms with van der Waals surface area (Å²) < 4.78 is 0. The second kappa shape index (κ2) is 2.98. The molecule has 2 unspecified atom stereocenters. The Morgan fingerprint density at radius 2 is 1.92 bits per heavy atom. The van der Waals surface area contributed by atoms with Crippen LogP contribution in [0.1, 0.15) is 58.8 Å². The van der Waals surface area contributed by atoms with Crippen LogP contribution in [0.3, 0.4) is 0 Å². The number of rotatable bonds is 3. The van der Waals surface area contributed by atoms with Crippen molar-refractivity contribution in [3.63, 3.8) is 0 Å². The fraction of sp³-hybridized carbons (Fsp3) is 1.00. The first-order chi connectivity index (χ1) is 6.04. The molecule has 0 saturated heterocycles. The summed E-state index contributed by atoms with van der Waals surface area (Å²) in [5.41, 5.74) is -0.169. The van der Waals surface area contributed by atoms with Gasteiger partial charge in [0.2, 0.25) is 0 Å². The second-order valence-electron chi connectivity index (χ2n) is 5.67. The summed E-state index contributed by atoms with van der Waals surface area (Å²) in [5, 5.41) is 10.2. The van der Waals surface area contributed by atoms with E-state index < -0.39 is 0 Å². The van der Waals surface area contributed by atoms with Crippen molar-refractivity contribution in [3.8, 4) is 0 Å². The number of hydrogen-bond acceptors (Lipinski definition) is 1. The van der Waals surface area contributed by atoms with E-state index in [-0.39, 0.29) is 11.0 Å². The zero-order valence-electron chi connectivity index (χ0n) is 8.97. The van der Waals surface area contributed by atoms with Gasteiger partial charge in [-0.05, 0) is 50.4 Å². The smallest absolute Gasteiger partial charge is 0.0673 e. The molecule has 1 nitrogen and oxygen atoms in total. The highest BCUT2D eigenvalue weighted by molar-refractivity contribution is 4.98. The molecule has 0 aromatic rings. The van der Waals surface area contributed by atoms with E-state index in [0.717, 1.165) is 12.3 Å². The summed E-state index contributed by atoms with van der Waals surface area (Å²) in [6.07, 6.45) is 8.93. The Labute approximate surface area is 81.5 Å². The topological polar surface area (TPSA) is 20.2 Å². The van der Waals surface area contributed by atoms with E-state index in [2.05, 4.69) is 6.92 Å². The van der Waals surface area contributed by atoms with Crippen LogP contribution in [0.15, 0.2) is 0 Å². The third-order valence-electron chi connectivity index (χ3n) is 4.49. The van der Waals surface area contributed by atoms with E-state index in [0.29, 0.717) is 0 Å². The summed E-state index contributed by atoms with van der Waals surface area (Å²) in [4.78, 5) is 0. The zero-order valence-corrected chi connectivity index (χ0v) is 8.97. The highest BCUT2D eigenvalue weighted by Crippen LogP contribution is 2.51. The molecule has 2 aliphatic rings. The molecule has 1 heteroatoms. The van der Waals surface area contributed by atoms with Gasteiger partial charge < -0.3 is 5.11 Å². The Kier molecular flexibility index (Phi) is 2.18. The van der Waals surface area contributed by atoms with Gasteiger partial charge in [-0.1, -0.05) is 19.8 Å². The van der Waals surface area contributed by atoms with Crippen LogP contribution in [0.25, 0.3) is 0 Å². The van der Waals surface area contributed by atoms with Crippen LogP contribution >= 0.6 is 0 Å². The Hall–Kier alpha value is -0.0400. The molecule has 0 spiro atoms. The second-order valence-corrected chi connectivity index (χ2v) is 5.67. The van der Waals surface area contributed by atoms with Crippen molar-refractivity contribution >= 4 is 0 Å². The van der Waals surface area contributed by atoms with Crippen molar-refractivity contribution in [2.24, 2.45) is 11.3 Å². The average molecular weight is 182 g/mol. The lowest BCUT2D eigenvalue weighted by molar-refractivity contribution is -0.0416. The van der Waals surface area contributed by atoms with Crippen molar-refractivity contribution in [1.82, 2.24) is 0 Å². The molecule has 2 atom stereocenters. The summed E-state index contributed by atoms with van der Waals surface area (Å²) in [6, 6.07) is 0. The fourth-order valence-electron chi connectivity index (χ4n) is 2.72. The maximum atomic E-state index is 10.2. The molecular weight excluding hydrogens is 160 g/mol. The number of aliphatic hydroxyl groups is 1.